The Kier molecular flexibility index (Phi) is 21.3. The Morgan fingerprint density at radius 2 is 0.885 bits per heavy atom. The molecule has 0 radical (unpaired) electrons. The second kappa shape index (κ2) is 17.6. The van der Waals surface area contributed by atoms with E-state index in [-0.39, 0.29) is 48.2 Å². The van der Waals surface area contributed by atoms with Gasteiger partial charge in [-0.15, -0.1) is 0 Å². The normalized spacial score (nSPS) is 10.9. The van der Waals surface area contributed by atoms with E-state index < -0.39 is 35.7 Å². The second-order valence-electron chi connectivity index (χ2n) is 4.98. The van der Waals surface area contributed by atoms with Crippen molar-refractivity contribution in [2.75, 3.05) is 0 Å². The number of ketones is 2. The lowest BCUT2D eigenvalue weighted by molar-refractivity contribution is -0.146. The number of carboxylic acids is 4. The second-order valence-corrected chi connectivity index (χ2v) is 4.98. The molecule has 10 nitrogen and oxygen atoms in total. The molecule has 0 heterocycles. The van der Waals surface area contributed by atoms with Crippen LogP contribution in [0.15, 0.2) is 0 Å². The van der Waals surface area contributed by atoms with E-state index in [9.17, 15) is 28.8 Å². The minimum absolute atomic E-state index is 0. The van der Waals surface area contributed by atoms with Crippen molar-refractivity contribution in [2.45, 2.75) is 47.0 Å². The van der Waals surface area contributed by atoms with Crippen molar-refractivity contribution < 1.29 is 49.2 Å². The Morgan fingerprint density at radius 1 is 0.654 bits per heavy atom. The van der Waals surface area contributed by atoms with Crippen LogP contribution in [0.25, 0.3) is 0 Å². The zero-order valence-electron chi connectivity index (χ0n) is 14.5. The molecule has 0 aliphatic heterocycles. The molecule has 0 aromatic carbocycles. The molecule has 0 spiro atoms. The molecular formula is C15H27AlO10. The minimum atomic E-state index is -1.06. The molecule has 11 heteroatoms. The summed E-state index contributed by atoms with van der Waals surface area (Å²) in [6.45, 7) is 5.26. The van der Waals surface area contributed by atoms with Gasteiger partial charge in [-0.2, -0.15) is 0 Å². The van der Waals surface area contributed by atoms with Crippen molar-refractivity contribution in [3.63, 3.8) is 0 Å². The zero-order chi connectivity index (χ0) is 20.7. The van der Waals surface area contributed by atoms with Crippen LogP contribution in [0.5, 0.6) is 0 Å². The summed E-state index contributed by atoms with van der Waals surface area (Å²) < 4.78 is 0. The van der Waals surface area contributed by atoms with Crippen LogP contribution in [0.3, 0.4) is 0 Å². The predicted octanol–water partition coefficient (Wildman–Crippen LogP) is -0.266. The third kappa shape index (κ3) is 24.0. The first-order valence-electron chi connectivity index (χ1n) is 7.14. The van der Waals surface area contributed by atoms with Gasteiger partial charge in [0.2, 0.25) is 0 Å². The van der Waals surface area contributed by atoms with Crippen LogP contribution in [-0.4, -0.2) is 73.2 Å². The summed E-state index contributed by atoms with van der Waals surface area (Å²) in [7, 11) is 0. The highest BCUT2D eigenvalue weighted by Crippen LogP contribution is 1.95. The van der Waals surface area contributed by atoms with E-state index in [2.05, 4.69) is 0 Å². The van der Waals surface area contributed by atoms with E-state index in [1.165, 1.54) is 27.7 Å². The Morgan fingerprint density at radius 3 is 0.962 bits per heavy atom. The lowest BCUT2D eigenvalue weighted by Gasteiger charge is -1.96. The topological polar surface area (TPSA) is 183 Å². The highest BCUT2D eigenvalue weighted by Gasteiger charge is 2.15. The van der Waals surface area contributed by atoms with E-state index in [0.717, 1.165) is 0 Å². The summed E-state index contributed by atoms with van der Waals surface area (Å²) in [6, 6.07) is 0. The molecule has 0 aromatic heterocycles. The van der Waals surface area contributed by atoms with Crippen molar-refractivity contribution in [3.8, 4) is 0 Å². The number of aliphatic carboxylic acids is 4. The van der Waals surface area contributed by atoms with Crippen molar-refractivity contribution in [3.05, 3.63) is 0 Å². The molecule has 0 aliphatic rings. The number of carboxylic acid groups (broad SMARTS) is 4. The number of hydrogen-bond acceptors (Lipinski definition) is 6. The molecule has 150 valence electrons. The lowest BCUT2D eigenvalue weighted by atomic mass is 10.1. The molecule has 2 unspecified atom stereocenters. The molecule has 0 bridgehead atoms. The number of hydrogen-bond donors (Lipinski definition) is 4. The van der Waals surface area contributed by atoms with Crippen LogP contribution < -0.4 is 0 Å². The van der Waals surface area contributed by atoms with Crippen LogP contribution >= 0.6 is 0 Å². The fraction of sp³-hybridized carbons (Fsp3) is 0.600. The standard InChI is InChI=1S/C5H8O4.2C5H8O3.Al.3H/c6-4(7)2-1-3-5(8)9;2*1-3(4(2)6)5(7)8;;;;/h1-3H2,(H,6,7)(H,8,9);2*3H,1-2H3,(H,7,8);;;;. The number of rotatable bonds is 8. The third-order valence-electron chi connectivity index (χ3n) is 2.74. The van der Waals surface area contributed by atoms with Gasteiger partial charge >= 0.3 is 23.9 Å². The molecule has 0 fully saturated rings. The first kappa shape index (κ1) is 31.5. The van der Waals surface area contributed by atoms with Gasteiger partial charge in [0.05, 0.1) is 0 Å². The van der Waals surface area contributed by atoms with Crippen molar-refractivity contribution in [1.82, 2.24) is 0 Å². The average Bonchev–Trinajstić information content (AvgIpc) is 2.45. The van der Waals surface area contributed by atoms with Crippen molar-refractivity contribution in [2.24, 2.45) is 11.8 Å². The Balaban J connectivity index is -0.000000137. The number of Topliss-reactive ketones (excluding diaryl/α,β-unsaturated/α-hetero) is 2. The van der Waals surface area contributed by atoms with Gasteiger partial charge in [-0.1, -0.05) is 0 Å². The molecular weight excluding hydrogens is 367 g/mol. The molecule has 4 N–H and O–H groups in total. The van der Waals surface area contributed by atoms with Crippen molar-refractivity contribution >= 4 is 52.8 Å². The monoisotopic (exact) mass is 394 g/mol. The molecule has 0 saturated heterocycles. The van der Waals surface area contributed by atoms with Gasteiger partial charge in [0.1, 0.15) is 23.4 Å². The van der Waals surface area contributed by atoms with Gasteiger partial charge in [0, 0.05) is 12.8 Å². The van der Waals surface area contributed by atoms with Gasteiger partial charge in [0.25, 0.3) is 0 Å². The van der Waals surface area contributed by atoms with E-state index in [1.54, 1.807) is 0 Å². The summed E-state index contributed by atoms with van der Waals surface area (Å²) in [5.41, 5.74) is 0. The van der Waals surface area contributed by atoms with Crippen molar-refractivity contribution in [1.29, 1.82) is 0 Å². The largest absolute Gasteiger partial charge is 0.481 e. The average molecular weight is 394 g/mol. The van der Waals surface area contributed by atoms with E-state index >= 15 is 0 Å². The molecule has 26 heavy (non-hydrogen) atoms. The lowest BCUT2D eigenvalue weighted by Crippen LogP contribution is -2.16. The predicted molar refractivity (Wildman–Crippen MR) is 94.0 cm³/mol. The van der Waals surface area contributed by atoms with Crippen LogP contribution in [-0.2, 0) is 28.8 Å². The molecule has 0 amide bonds. The number of carbonyl (C=O) groups is 6. The van der Waals surface area contributed by atoms with Gasteiger partial charge in [0.15, 0.2) is 17.4 Å². The van der Waals surface area contributed by atoms with E-state index in [1.807, 2.05) is 0 Å². The minimum Gasteiger partial charge on any atom is -0.481 e. The molecule has 2 atom stereocenters. The van der Waals surface area contributed by atoms with Gasteiger partial charge in [-0.3, -0.25) is 28.8 Å². The summed E-state index contributed by atoms with van der Waals surface area (Å²) in [6.07, 6.45) is 0.0866. The quantitative estimate of drug-likeness (QED) is 0.316. The van der Waals surface area contributed by atoms with Crippen LogP contribution in [0, 0.1) is 11.8 Å². The maximum atomic E-state index is 10.2. The van der Waals surface area contributed by atoms with Gasteiger partial charge < -0.3 is 20.4 Å². The molecule has 0 saturated carbocycles. The fourth-order valence-electron chi connectivity index (χ4n) is 0.739. The summed E-state index contributed by atoms with van der Waals surface area (Å²) in [5, 5.41) is 32.3. The zero-order valence-corrected chi connectivity index (χ0v) is 14.5. The van der Waals surface area contributed by atoms with E-state index in [0.29, 0.717) is 0 Å². The molecule has 0 aliphatic carbocycles. The Hall–Kier alpha value is -2.25. The first-order valence-corrected chi connectivity index (χ1v) is 7.14. The summed E-state index contributed by atoms with van der Waals surface area (Å²) in [5.74, 6) is -6.33. The van der Waals surface area contributed by atoms with Crippen LogP contribution in [0.1, 0.15) is 47.0 Å². The van der Waals surface area contributed by atoms with Crippen LogP contribution in [0.2, 0.25) is 0 Å². The summed E-state index contributed by atoms with van der Waals surface area (Å²) >= 11 is 0. The number of carbonyl (C=O) groups excluding carboxylic acids is 2. The first-order chi connectivity index (χ1) is 11.2. The third-order valence-corrected chi connectivity index (χ3v) is 2.74. The highest BCUT2D eigenvalue weighted by atomic mass is 27.0. The maximum Gasteiger partial charge on any atom is 0.313 e. The van der Waals surface area contributed by atoms with E-state index in [4.69, 9.17) is 20.4 Å². The van der Waals surface area contributed by atoms with Crippen LogP contribution in [0.4, 0.5) is 0 Å². The maximum absolute atomic E-state index is 10.2. The SMILES string of the molecule is CC(=O)C(C)C(=O)O.CC(=O)C(C)C(=O)O.O=C(O)CCCC(=O)O.[AlH3]. The molecule has 0 rings (SSSR count). The summed E-state index contributed by atoms with van der Waals surface area (Å²) in [4.78, 5) is 59.8. The van der Waals surface area contributed by atoms with Gasteiger partial charge in [-0.25, -0.2) is 0 Å². The molecule has 0 aromatic rings. The Bertz CT molecular complexity index is 429. The Labute approximate surface area is 161 Å². The van der Waals surface area contributed by atoms with Gasteiger partial charge in [-0.05, 0) is 34.1 Å². The smallest absolute Gasteiger partial charge is 0.313 e. The highest BCUT2D eigenvalue weighted by molar-refractivity contribution is 5.96. The fourth-order valence-corrected chi connectivity index (χ4v) is 0.739.